The van der Waals surface area contributed by atoms with Gasteiger partial charge in [0.1, 0.15) is 5.75 Å². The number of aromatic nitrogens is 1. The van der Waals surface area contributed by atoms with Crippen LogP contribution >= 0.6 is 0 Å². The highest BCUT2D eigenvalue weighted by molar-refractivity contribution is 5.91. The van der Waals surface area contributed by atoms with Crippen molar-refractivity contribution in [3.8, 4) is 5.75 Å². The fraction of sp³-hybridized carbons (Fsp3) is 0.571. The summed E-state index contributed by atoms with van der Waals surface area (Å²) in [6, 6.07) is 8.11. The zero-order valence-corrected chi connectivity index (χ0v) is 16.2. The third kappa shape index (κ3) is 6.20. The van der Waals surface area contributed by atoms with Crippen LogP contribution < -0.4 is 10.1 Å². The molecule has 2 aromatic rings. The standard InChI is InChI=1S/C21H33N3O/c1-5-6-12-24(16-17(2)3)13-8-11-22-20-15-19(25-4)14-18-9-7-10-23-21(18)20/h7,9-10,14-15,17,22H,5-6,8,11-13,16H2,1-4H3. The summed E-state index contributed by atoms with van der Waals surface area (Å²) in [4.78, 5) is 7.12. The lowest BCUT2D eigenvalue weighted by Crippen LogP contribution is -2.30. The van der Waals surface area contributed by atoms with Gasteiger partial charge in [-0.05, 0) is 44.0 Å². The van der Waals surface area contributed by atoms with Crippen LogP contribution in [0.2, 0.25) is 0 Å². The normalized spacial score (nSPS) is 11.4. The Balaban J connectivity index is 1.93. The van der Waals surface area contributed by atoms with E-state index in [9.17, 15) is 0 Å². The molecule has 0 aliphatic rings. The van der Waals surface area contributed by atoms with Crippen LogP contribution in [0.4, 0.5) is 5.69 Å². The second kappa shape index (κ2) is 10.2. The van der Waals surface area contributed by atoms with Crippen LogP contribution in [0.3, 0.4) is 0 Å². The molecule has 0 aliphatic heterocycles. The lowest BCUT2D eigenvalue weighted by atomic mass is 10.1. The number of rotatable bonds is 11. The Bertz CT molecular complexity index is 642. The summed E-state index contributed by atoms with van der Waals surface area (Å²) >= 11 is 0. The third-order valence-electron chi connectivity index (χ3n) is 4.33. The van der Waals surface area contributed by atoms with Gasteiger partial charge >= 0.3 is 0 Å². The van der Waals surface area contributed by atoms with Crippen LogP contribution in [-0.4, -0.2) is 43.2 Å². The maximum Gasteiger partial charge on any atom is 0.121 e. The molecule has 0 radical (unpaired) electrons. The predicted molar refractivity (Wildman–Crippen MR) is 108 cm³/mol. The molecule has 2 rings (SSSR count). The highest BCUT2D eigenvalue weighted by atomic mass is 16.5. The number of ether oxygens (including phenoxy) is 1. The monoisotopic (exact) mass is 343 g/mol. The van der Waals surface area contributed by atoms with Gasteiger partial charge in [-0.2, -0.15) is 0 Å². The molecule has 0 unspecified atom stereocenters. The van der Waals surface area contributed by atoms with Crippen molar-refractivity contribution in [3.63, 3.8) is 0 Å². The molecular weight excluding hydrogens is 310 g/mol. The number of fused-ring (bicyclic) bond motifs is 1. The molecule has 4 nitrogen and oxygen atoms in total. The first-order valence-electron chi connectivity index (χ1n) is 9.53. The second-order valence-corrected chi connectivity index (χ2v) is 7.08. The highest BCUT2D eigenvalue weighted by Gasteiger charge is 2.08. The molecule has 0 amide bonds. The molecule has 1 heterocycles. The number of anilines is 1. The van der Waals surface area contributed by atoms with Gasteiger partial charge in [0.25, 0.3) is 0 Å². The first kappa shape index (κ1) is 19.5. The Hall–Kier alpha value is -1.81. The minimum Gasteiger partial charge on any atom is -0.497 e. The van der Waals surface area contributed by atoms with Crippen molar-refractivity contribution < 1.29 is 4.74 Å². The van der Waals surface area contributed by atoms with Gasteiger partial charge in [0, 0.05) is 30.7 Å². The molecule has 138 valence electrons. The zero-order chi connectivity index (χ0) is 18.1. The van der Waals surface area contributed by atoms with Crippen LogP contribution in [-0.2, 0) is 0 Å². The molecular formula is C21H33N3O. The summed E-state index contributed by atoms with van der Waals surface area (Å²) in [5.74, 6) is 1.59. The van der Waals surface area contributed by atoms with E-state index in [-0.39, 0.29) is 0 Å². The Labute approximate surface area is 152 Å². The molecule has 0 bridgehead atoms. The number of unbranched alkanes of at least 4 members (excludes halogenated alkanes) is 1. The van der Waals surface area contributed by atoms with Crippen LogP contribution in [0.25, 0.3) is 10.9 Å². The van der Waals surface area contributed by atoms with Gasteiger partial charge in [-0.15, -0.1) is 0 Å². The summed E-state index contributed by atoms with van der Waals surface area (Å²) in [6.07, 6.45) is 5.51. The van der Waals surface area contributed by atoms with Crippen molar-refractivity contribution in [1.82, 2.24) is 9.88 Å². The molecule has 1 aromatic carbocycles. The lowest BCUT2D eigenvalue weighted by Gasteiger charge is -2.24. The molecule has 1 aromatic heterocycles. The molecule has 25 heavy (non-hydrogen) atoms. The summed E-state index contributed by atoms with van der Waals surface area (Å²) in [6.45, 7) is 11.3. The Kier molecular flexibility index (Phi) is 7.99. The maximum atomic E-state index is 5.42. The largest absolute Gasteiger partial charge is 0.497 e. The smallest absolute Gasteiger partial charge is 0.121 e. The number of pyridine rings is 1. The maximum absolute atomic E-state index is 5.42. The van der Waals surface area contributed by atoms with Crippen molar-refractivity contribution in [1.29, 1.82) is 0 Å². The van der Waals surface area contributed by atoms with Crippen molar-refractivity contribution in [2.24, 2.45) is 5.92 Å². The number of hydrogen-bond acceptors (Lipinski definition) is 4. The van der Waals surface area contributed by atoms with E-state index in [4.69, 9.17) is 4.74 Å². The van der Waals surface area contributed by atoms with Gasteiger partial charge in [-0.3, -0.25) is 4.98 Å². The molecule has 4 heteroatoms. The van der Waals surface area contributed by atoms with Gasteiger partial charge in [0.05, 0.1) is 18.3 Å². The summed E-state index contributed by atoms with van der Waals surface area (Å²) < 4.78 is 5.42. The van der Waals surface area contributed by atoms with Crippen molar-refractivity contribution in [2.45, 2.75) is 40.0 Å². The number of nitrogens with one attached hydrogen (secondary N) is 1. The zero-order valence-electron chi connectivity index (χ0n) is 16.2. The summed E-state index contributed by atoms with van der Waals surface area (Å²) in [7, 11) is 1.71. The van der Waals surface area contributed by atoms with Crippen LogP contribution in [0.5, 0.6) is 5.75 Å². The molecule has 0 atom stereocenters. The van der Waals surface area contributed by atoms with Gasteiger partial charge in [0.2, 0.25) is 0 Å². The van der Waals surface area contributed by atoms with Gasteiger partial charge < -0.3 is 15.0 Å². The Morgan fingerprint density at radius 3 is 2.72 bits per heavy atom. The number of methoxy groups -OCH3 is 1. The quantitative estimate of drug-likeness (QED) is 0.595. The Morgan fingerprint density at radius 2 is 2.00 bits per heavy atom. The highest BCUT2D eigenvalue weighted by Crippen LogP contribution is 2.27. The van der Waals surface area contributed by atoms with E-state index >= 15 is 0 Å². The number of nitrogens with zero attached hydrogens (tertiary/aromatic N) is 2. The molecule has 0 saturated carbocycles. The van der Waals surface area contributed by atoms with E-state index in [2.05, 4.69) is 42.0 Å². The van der Waals surface area contributed by atoms with Crippen LogP contribution in [0, 0.1) is 5.92 Å². The SMILES string of the molecule is CCCCN(CCCNc1cc(OC)cc2cccnc12)CC(C)C. The van der Waals surface area contributed by atoms with Crippen LogP contribution in [0.15, 0.2) is 30.5 Å². The molecule has 0 saturated heterocycles. The second-order valence-electron chi connectivity index (χ2n) is 7.08. The average Bonchev–Trinajstić information content (AvgIpc) is 2.62. The van der Waals surface area contributed by atoms with E-state index in [1.54, 1.807) is 7.11 Å². The minimum atomic E-state index is 0.719. The summed E-state index contributed by atoms with van der Waals surface area (Å²) in [5, 5.41) is 4.66. The van der Waals surface area contributed by atoms with E-state index < -0.39 is 0 Å². The van der Waals surface area contributed by atoms with E-state index in [1.807, 2.05) is 24.4 Å². The van der Waals surface area contributed by atoms with E-state index in [0.29, 0.717) is 0 Å². The number of hydrogen-bond donors (Lipinski definition) is 1. The van der Waals surface area contributed by atoms with Crippen molar-refractivity contribution >= 4 is 16.6 Å². The molecule has 1 N–H and O–H groups in total. The van der Waals surface area contributed by atoms with Gasteiger partial charge in [0.15, 0.2) is 0 Å². The average molecular weight is 344 g/mol. The van der Waals surface area contributed by atoms with Gasteiger partial charge in [-0.25, -0.2) is 0 Å². The predicted octanol–water partition coefficient (Wildman–Crippen LogP) is 4.80. The molecule has 0 fully saturated rings. The van der Waals surface area contributed by atoms with Crippen molar-refractivity contribution in [2.75, 3.05) is 38.6 Å². The third-order valence-corrected chi connectivity index (χ3v) is 4.33. The number of benzene rings is 1. The van der Waals surface area contributed by atoms with Crippen LogP contribution in [0.1, 0.15) is 40.0 Å². The minimum absolute atomic E-state index is 0.719. The topological polar surface area (TPSA) is 37.4 Å². The summed E-state index contributed by atoms with van der Waals surface area (Å²) in [5.41, 5.74) is 2.06. The van der Waals surface area contributed by atoms with E-state index in [0.717, 1.165) is 47.8 Å². The fourth-order valence-corrected chi connectivity index (χ4v) is 3.14. The first-order chi connectivity index (χ1) is 12.1. The van der Waals surface area contributed by atoms with E-state index in [1.165, 1.54) is 25.9 Å². The molecule has 0 aliphatic carbocycles. The lowest BCUT2D eigenvalue weighted by molar-refractivity contribution is 0.240. The first-order valence-corrected chi connectivity index (χ1v) is 9.53. The van der Waals surface area contributed by atoms with Gasteiger partial charge in [-0.1, -0.05) is 33.3 Å². The Morgan fingerprint density at radius 1 is 1.20 bits per heavy atom. The fourth-order valence-electron chi connectivity index (χ4n) is 3.14. The molecule has 0 spiro atoms. The van der Waals surface area contributed by atoms with Crippen molar-refractivity contribution in [3.05, 3.63) is 30.5 Å².